The first-order valence-electron chi connectivity index (χ1n) is 0.604. The summed E-state index contributed by atoms with van der Waals surface area (Å²) in [6, 6.07) is 0. The van der Waals surface area contributed by atoms with Crippen LogP contribution in [0.25, 0.3) is 0 Å². The van der Waals surface area contributed by atoms with Crippen LogP contribution < -0.4 is 0 Å². The van der Waals surface area contributed by atoms with E-state index in [0.29, 0.717) is 0 Å². The molecule has 0 atom stereocenters. The van der Waals surface area contributed by atoms with Crippen molar-refractivity contribution in [3.8, 4) is 0 Å². The van der Waals surface area contributed by atoms with Gasteiger partial charge in [0.25, 0.3) is 0 Å². The second kappa shape index (κ2) is 12.5. The molecule has 1 N–H and O–H groups in total. The summed E-state index contributed by atoms with van der Waals surface area (Å²) in [6.07, 6.45) is 0. The molecule has 0 fully saturated rings. The van der Waals surface area contributed by atoms with Gasteiger partial charge < -0.3 is 0 Å². The van der Waals surface area contributed by atoms with Crippen LogP contribution in [0.3, 0.4) is 0 Å². The number of hydrogen-bond acceptors (Lipinski definition) is 1. The van der Waals surface area contributed by atoms with Crippen molar-refractivity contribution < 1.29 is 16.5 Å². The average molecular weight is 99.7 g/mol. The van der Waals surface area contributed by atoms with Crippen LogP contribution in [0.5, 0.6) is 0 Å². The third-order valence-corrected chi connectivity index (χ3v) is 0. The topological polar surface area (TPSA) is 23.9 Å². The number of rotatable bonds is 0. The van der Waals surface area contributed by atoms with Crippen LogP contribution in [0.4, 0.5) is 0 Å². The Kier molecular flexibility index (Phi) is 28.2. The van der Waals surface area contributed by atoms with Crippen LogP contribution in [0.1, 0.15) is 0 Å². The van der Waals surface area contributed by atoms with Crippen LogP contribution in [-0.2, 0) is 16.5 Å². The van der Waals surface area contributed by atoms with Crippen LogP contribution in [0.2, 0.25) is 0 Å². The van der Waals surface area contributed by atoms with Crippen molar-refractivity contribution in [3.05, 3.63) is 6.58 Å². The third-order valence-electron chi connectivity index (χ3n) is 0. The second-order valence-electron chi connectivity index (χ2n) is 0.177. The smallest absolute Gasteiger partial charge is 0 e. The fraction of sp³-hybridized carbons (Fsp3) is 0. The van der Waals surface area contributed by atoms with E-state index in [2.05, 4.69) is 6.58 Å². The van der Waals surface area contributed by atoms with Gasteiger partial charge in [-0.15, -0.1) is 0 Å². The van der Waals surface area contributed by atoms with Gasteiger partial charge in [0.2, 0.25) is 0 Å². The Balaban J connectivity index is 0. The molecule has 0 aromatic rings. The molecule has 0 heterocycles. The monoisotopic (exact) mass is 99.0 g/mol. The summed E-state index contributed by atoms with van der Waals surface area (Å²) in [5, 5.41) is 5.85. The summed E-state index contributed by atoms with van der Waals surface area (Å²) < 4.78 is 0. The minimum Gasteiger partial charge on any atom is -0.259 e. The second-order valence-corrected chi connectivity index (χ2v) is 0.177. The van der Waals surface area contributed by atoms with Gasteiger partial charge in [0, 0.05) is 16.5 Å². The molecule has 0 radical (unpaired) electrons. The summed E-state index contributed by atoms with van der Waals surface area (Å²) in [7, 11) is 0. The summed E-state index contributed by atoms with van der Waals surface area (Å²) in [5.41, 5.74) is 0. The Morgan fingerprint density at radius 1 is 1.75 bits per heavy atom. The standard InChI is InChI=1S/C2H3N.Ni/c1-2-3;/h3H,1H2;. The molecule has 0 spiro atoms. The molecule has 4 heavy (non-hydrogen) atoms. The molecule has 0 aliphatic rings. The minimum absolute atomic E-state index is 0. The fourth-order valence-electron chi connectivity index (χ4n) is 0. The Labute approximate surface area is 35.1 Å². The molecule has 0 aliphatic carbocycles. The van der Waals surface area contributed by atoms with E-state index in [-0.39, 0.29) is 16.5 Å². The maximum Gasteiger partial charge on any atom is 0 e. The molecule has 0 rings (SSSR count). The fourth-order valence-corrected chi connectivity index (χ4v) is 0. The van der Waals surface area contributed by atoms with E-state index in [9.17, 15) is 0 Å². The molecule has 0 amide bonds. The number of hydrogen-bond donors (Lipinski definition) is 1. The van der Waals surface area contributed by atoms with E-state index in [4.69, 9.17) is 5.41 Å². The minimum atomic E-state index is 0. The average Bonchev–Trinajstić information content (AvgIpc) is 0.918. The maximum absolute atomic E-state index is 5.85. The van der Waals surface area contributed by atoms with Crippen LogP contribution in [0, 0.1) is 5.41 Å². The number of nitrogens with one attached hydrogen (secondary N) is 1. The zero-order chi connectivity index (χ0) is 2.71. The summed E-state index contributed by atoms with van der Waals surface area (Å²) >= 11 is 0. The van der Waals surface area contributed by atoms with Gasteiger partial charge in [0.1, 0.15) is 0 Å². The molecule has 0 bridgehead atoms. The van der Waals surface area contributed by atoms with Gasteiger partial charge in [-0.25, -0.2) is 0 Å². The van der Waals surface area contributed by atoms with Crippen molar-refractivity contribution in [3.63, 3.8) is 0 Å². The van der Waals surface area contributed by atoms with Gasteiger partial charge in [-0.3, -0.25) is 5.41 Å². The zero-order valence-corrected chi connectivity index (χ0v) is 3.01. The largest absolute Gasteiger partial charge is 0.259 e. The van der Waals surface area contributed by atoms with Crippen LogP contribution in [0.15, 0.2) is 6.58 Å². The molecule has 26 valence electrons. The molecule has 0 aromatic carbocycles. The first kappa shape index (κ1) is 9.05. The Bertz CT molecular complexity index is 27.0. The summed E-state index contributed by atoms with van der Waals surface area (Å²) in [4.78, 5) is 0. The maximum atomic E-state index is 5.85. The van der Waals surface area contributed by atoms with Crippen LogP contribution in [-0.4, -0.2) is 5.87 Å². The van der Waals surface area contributed by atoms with Gasteiger partial charge in [-0.05, 0) is 12.4 Å². The van der Waals surface area contributed by atoms with Crippen molar-refractivity contribution in [1.29, 1.82) is 5.41 Å². The molecule has 0 unspecified atom stereocenters. The van der Waals surface area contributed by atoms with Crippen LogP contribution >= 0.6 is 0 Å². The van der Waals surface area contributed by atoms with Crippen molar-refractivity contribution >= 4 is 5.87 Å². The van der Waals surface area contributed by atoms with E-state index in [1.54, 1.807) is 5.87 Å². The molecular formula is C2H3NNi. The predicted molar refractivity (Wildman–Crippen MR) is 13.4 cm³/mol. The first-order valence-corrected chi connectivity index (χ1v) is 0.604. The van der Waals surface area contributed by atoms with E-state index in [1.807, 2.05) is 0 Å². The van der Waals surface area contributed by atoms with Crippen molar-refractivity contribution in [1.82, 2.24) is 0 Å². The zero-order valence-electron chi connectivity index (χ0n) is 2.02. The quantitative estimate of drug-likeness (QED) is 0.336. The predicted octanol–water partition coefficient (Wildman–Crippen LogP) is 0.418. The Hall–Kier alpha value is -0.0565. The SMILES string of the molecule is C=C=N.[Ni]. The molecule has 1 nitrogen and oxygen atoms in total. The molecule has 0 aliphatic heterocycles. The van der Waals surface area contributed by atoms with Crippen molar-refractivity contribution in [2.45, 2.75) is 0 Å². The van der Waals surface area contributed by atoms with E-state index in [0.717, 1.165) is 0 Å². The Morgan fingerprint density at radius 3 is 1.75 bits per heavy atom. The van der Waals surface area contributed by atoms with Gasteiger partial charge in [0.05, 0.1) is 0 Å². The van der Waals surface area contributed by atoms with Gasteiger partial charge in [-0.2, -0.15) is 0 Å². The summed E-state index contributed by atoms with van der Waals surface area (Å²) in [5.74, 6) is 1.75. The van der Waals surface area contributed by atoms with Gasteiger partial charge >= 0.3 is 0 Å². The molecule has 0 aromatic heterocycles. The third kappa shape index (κ3) is 542. The molecular weight excluding hydrogens is 96.7 g/mol. The molecule has 0 saturated carbocycles. The first-order chi connectivity index (χ1) is 1.41. The van der Waals surface area contributed by atoms with Crippen molar-refractivity contribution in [2.24, 2.45) is 0 Å². The molecule has 2 heteroatoms. The van der Waals surface area contributed by atoms with Crippen molar-refractivity contribution in [2.75, 3.05) is 0 Å². The summed E-state index contributed by atoms with van der Waals surface area (Å²) in [6.45, 7) is 2.90. The molecule has 0 saturated heterocycles. The van der Waals surface area contributed by atoms with E-state index < -0.39 is 0 Å². The van der Waals surface area contributed by atoms with E-state index in [1.165, 1.54) is 0 Å². The van der Waals surface area contributed by atoms with Gasteiger partial charge in [0.15, 0.2) is 0 Å². The van der Waals surface area contributed by atoms with Gasteiger partial charge in [-0.1, -0.05) is 0 Å². The normalized spacial score (nSPS) is 2.00. The van der Waals surface area contributed by atoms with E-state index >= 15 is 0 Å². The Morgan fingerprint density at radius 2 is 1.75 bits per heavy atom.